The van der Waals surface area contributed by atoms with Crippen LogP contribution >= 0.6 is 0 Å². The Morgan fingerprint density at radius 2 is 1.85 bits per heavy atom. The predicted octanol–water partition coefficient (Wildman–Crippen LogP) is 3.09. The van der Waals surface area contributed by atoms with E-state index in [4.69, 9.17) is 0 Å². The molecule has 0 radical (unpaired) electrons. The number of benzene rings is 2. The van der Waals surface area contributed by atoms with E-state index in [1.54, 1.807) is 24.3 Å². The molecule has 0 saturated heterocycles. The SMILES string of the molecule is COC(=O)c1ccc(CS(=O)c2cccc(C)c2)cc1. The first kappa shape index (κ1) is 14.5. The highest BCUT2D eigenvalue weighted by atomic mass is 32.2. The minimum atomic E-state index is -1.08. The van der Waals surface area contributed by atoms with Crippen LogP contribution in [-0.4, -0.2) is 17.3 Å². The van der Waals surface area contributed by atoms with Crippen molar-refractivity contribution in [3.8, 4) is 0 Å². The number of esters is 1. The first-order valence-corrected chi connectivity index (χ1v) is 7.54. The minimum absolute atomic E-state index is 0.364. The van der Waals surface area contributed by atoms with E-state index in [0.29, 0.717) is 11.3 Å². The van der Waals surface area contributed by atoms with Gasteiger partial charge in [-0.3, -0.25) is 4.21 Å². The summed E-state index contributed by atoms with van der Waals surface area (Å²) in [6, 6.07) is 14.7. The number of aryl methyl sites for hydroxylation is 1. The zero-order chi connectivity index (χ0) is 14.5. The molecule has 0 N–H and O–H groups in total. The molecule has 0 heterocycles. The normalized spacial score (nSPS) is 11.9. The van der Waals surface area contributed by atoms with Crippen LogP contribution < -0.4 is 0 Å². The maximum Gasteiger partial charge on any atom is 0.337 e. The fraction of sp³-hybridized carbons (Fsp3) is 0.188. The number of hydrogen-bond acceptors (Lipinski definition) is 3. The molecule has 1 unspecified atom stereocenters. The van der Waals surface area contributed by atoms with E-state index in [-0.39, 0.29) is 5.97 Å². The van der Waals surface area contributed by atoms with Crippen LogP contribution in [0, 0.1) is 6.92 Å². The summed E-state index contributed by atoms with van der Waals surface area (Å²) in [6.45, 7) is 1.98. The molecular formula is C16H16O3S. The van der Waals surface area contributed by atoms with Crippen LogP contribution in [0.3, 0.4) is 0 Å². The summed E-state index contributed by atoms with van der Waals surface area (Å²) in [5.41, 5.74) is 2.52. The van der Waals surface area contributed by atoms with Crippen LogP contribution in [-0.2, 0) is 21.3 Å². The molecule has 2 rings (SSSR count). The molecule has 104 valence electrons. The van der Waals surface area contributed by atoms with E-state index in [1.807, 2.05) is 31.2 Å². The Labute approximate surface area is 121 Å². The van der Waals surface area contributed by atoms with Crippen molar-refractivity contribution in [3.05, 3.63) is 65.2 Å². The summed E-state index contributed by atoms with van der Waals surface area (Å²) in [6.07, 6.45) is 0. The molecule has 0 aliphatic rings. The molecule has 20 heavy (non-hydrogen) atoms. The third kappa shape index (κ3) is 3.54. The lowest BCUT2D eigenvalue weighted by Gasteiger charge is -2.05. The molecule has 2 aromatic carbocycles. The van der Waals surface area contributed by atoms with Crippen molar-refractivity contribution in [3.63, 3.8) is 0 Å². The van der Waals surface area contributed by atoms with Gasteiger partial charge in [0.2, 0.25) is 0 Å². The zero-order valence-corrected chi connectivity index (χ0v) is 12.3. The molecule has 0 aliphatic heterocycles. The van der Waals surface area contributed by atoms with Crippen LogP contribution in [0.15, 0.2) is 53.4 Å². The molecule has 0 aromatic heterocycles. The average molecular weight is 288 g/mol. The van der Waals surface area contributed by atoms with Crippen LogP contribution in [0.25, 0.3) is 0 Å². The molecule has 3 nitrogen and oxygen atoms in total. The van der Waals surface area contributed by atoms with Crippen molar-refractivity contribution in [2.45, 2.75) is 17.6 Å². The van der Waals surface area contributed by atoms with Crippen molar-refractivity contribution in [2.75, 3.05) is 7.11 Å². The summed E-state index contributed by atoms with van der Waals surface area (Å²) >= 11 is 0. The van der Waals surface area contributed by atoms with Gasteiger partial charge >= 0.3 is 5.97 Å². The number of carbonyl (C=O) groups is 1. The molecule has 4 heteroatoms. The van der Waals surface area contributed by atoms with E-state index in [2.05, 4.69) is 4.74 Å². The fourth-order valence-corrected chi connectivity index (χ4v) is 3.06. The van der Waals surface area contributed by atoms with Crippen molar-refractivity contribution in [1.82, 2.24) is 0 Å². The lowest BCUT2D eigenvalue weighted by atomic mass is 10.1. The van der Waals surface area contributed by atoms with Gasteiger partial charge in [0.1, 0.15) is 0 Å². The molecule has 0 saturated carbocycles. The summed E-state index contributed by atoms with van der Waals surface area (Å²) in [5.74, 6) is 0.0709. The number of methoxy groups -OCH3 is 1. The molecular weight excluding hydrogens is 272 g/mol. The smallest absolute Gasteiger partial charge is 0.337 e. The van der Waals surface area contributed by atoms with E-state index in [9.17, 15) is 9.00 Å². The van der Waals surface area contributed by atoms with Gasteiger partial charge in [0.15, 0.2) is 0 Å². The predicted molar refractivity (Wildman–Crippen MR) is 79.1 cm³/mol. The number of rotatable bonds is 4. The second-order valence-corrected chi connectivity index (χ2v) is 5.95. The van der Waals surface area contributed by atoms with Gasteiger partial charge in [0.05, 0.1) is 29.2 Å². The van der Waals surface area contributed by atoms with Gasteiger partial charge in [-0.05, 0) is 42.3 Å². The summed E-state index contributed by atoms with van der Waals surface area (Å²) in [4.78, 5) is 12.1. The van der Waals surface area contributed by atoms with Crippen LogP contribution in [0.1, 0.15) is 21.5 Å². The standard InChI is InChI=1S/C16H16O3S/c1-12-4-3-5-15(10-12)20(18)11-13-6-8-14(9-7-13)16(17)19-2/h3-10H,11H2,1-2H3. The first-order valence-electron chi connectivity index (χ1n) is 6.22. The third-order valence-electron chi connectivity index (χ3n) is 2.93. The van der Waals surface area contributed by atoms with Crippen molar-refractivity contribution in [2.24, 2.45) is 0 Å². The third-order valence-corrected chi connectivity index (χ3v) is 4.30. The Bertz CT molecular complexity index is 632. The second-order valence-electron chi connectivity index (χ2n) is 4.49. The topological polar surface area (TPSA) is 43.4 Å². The largest absolute Gasteiger partial charge is 0.465 e. The van der Waals surface area contributed by atoms with Gasteiger partial charge in [0.25, 0.3) is 0 Å². The summed E-state index contributed by atoms with van der Waals surface area (Å²) < 4.78 is 16.9. The molecule has 0 amide bonds. The molecule has 0 bridgehead atoms. The molecule has 0 aliphatic carbocycles. The van der Waals surface area contributed by atoms with Gasteiger partial charge in [-0.2, -0.15) is 0 Å². The quantitative estimate of drug-likeness (QED) is 0.812. The zero-order valence-electron chi connectivity index (χ0n) is 11.5. The second kappa shape index (κ2) is 6.48. The molecule has 0 fully saturated rings. The Balaban J connectivity index is 2.10. The van der Waals surface area contributed by atoms with E-state index in [0.717, 1.165) is 16.0 Å². The molecule has 2 aromatic rings. The van der Waals surface area contributed by atoms with Gasteiger partial charge in [-0.1, -0.05) is 24.3 Å². The first-order chi connectivity index (χ1) is 9.60. The van der Waals surface area contributed by atoms with Gasteiger partial charge < -0.3 is 4.74 Å². The Morgan fingerprint density at radius 3 is 2.45 bits per heavy atom. The van der Waals surface area contributed by atoms with Crippen molar-refractivity contribution < 1.29 is 13.7 Å². The van der Waals surface area contributed by atoms with E-state index in [1.165, 1.54) is 7.11 Å². The maximum absolute atomic E-state index is 12.3. The Hall–Kier alpha value is -1.94. The van der Waals surface area contributed by atoms with E-state index >= 15 is 0 Å². The summed E-state index contributed by atoms with van der Waals surface area (Å²) in [7, 11) is 0.270. The highest BCUT2D eigenvalue weighted by Crippen LogP contribution is 2.14. The van der Waals surface area contributed by atoms with Crippen LogP contribution in [0.2, 0.25) is 0 Å². The van der Waals surface area contributed by atoms with Gasteiger partial charge in [-0.25, -0.2) is 4.79 Å². The van der Waals surface area contributed by atoms with Gasteiger partial charge in [-0.15, -0.1) is 0 Å². The maximum atomic E-state index is 12.3. The fourth-order valence-electron chi connectivity index (χ4n) is 1.85. The molecule has 0 spiro atoms. The Morgan fingerprint density at radius 1 is 1.15 bits per heavy atom. The van der Waals surface area contributed by atoms with Crippen molar-refractivity contribution in [1.29, 1.82) is 0 Å². The van der Waals surface area contributed by atoms with Gasteiger partial charge in [0, 0.05) is 4.90 Å². The number of hydrogen-bond donors (Lipinski definition) is 0. The number of carbonyl (C=O) groups excluding carboxylic acids is 1. The van der Waals surface area contributed by atoms with Crippen LogP contribution in [0.5, 0.6) is 0 Å². The van der Waals surface area contributed by atoms with Crippen molar-refractivity contribution >= 4 is 16.8 Å². The Kier molecular flexibility index (Phi) is 4.69. The van der Waals surface area contributed by atoms with E-state index < -0.39 is 10.8 Å². The highest BCUT2D eigenvalue weighted by Gasteiger charge is 2.08. The lowest BCUT2D eigenvalue weighted by molar-refractivity contribution is 0.0600. The monoisotopic (exact) mass is 288 g/mol. The molecule has 1 atom stereocenters. The summed E-state index contributed by atoms with van der Waals surface area (Å²) in [5, 5.41) is 0. The highest BCUT2D eigenvalue weighted by molar-refractivity contribution is 7.84. The lowest BCUT2D eigenvalue weighted by Crippen LogP contribution is -2.02. The average Bonchev–Trinajstić information content (AvgIpc) is 2.47. The van der Waals surface area contributed by atoms with Crippen LogP contribution in [0.4, 0.5) is 0 Å². The minimum Gasteiger partial charge on any atom is -0.465 e. The number of ether oxygens (including phenoxy) is 1.